The molecule has 0 saturated heterocycles. The Morgan fingerprint density at radius 2 is 1.70 bits per heavy atom. The Hall–Kier alpha value is -1.31. The van der Waals surface area contributed by atoms with Crippen molar-refractivity contribution in [1.82, 2.24) is 9.80 Å². The zero-order valence-electron chi connectivity index (χ0n) is 11.7. The van der Waals surface area contributed by atoms with Crippen LogP contribution < -0.4 is 0 Å². The van der Waals surface area contributed by atoms with Gasteiger partial charge in [-0.1, -0.05) is 0 Å². The van der Waals surface area contributed by atoms with Crippen LogP contribution in [-0.2, 0) is 9.59 Å². The number of hydrogen-bond acceptors (Lipinski definition) is 3. The van der Waals surface area contributed by atoms with Crippen molar-refractivity contribution in [3.63, 3.8) is 0 Å². The zero-order valence-corrected chi connectivity index (χ0v) is 11.7. The molecule has 0 bridgehead atoms. The van der Waals surface area contributed by atoms with E-state index in [9.17, 15) is 22.8 Å². The summed E-state index contributed by atoms with van der Waals surface area (Å²) >= 11 is 0. The number of aliphatic carboxylic acids is 1. The van der Waals surface area contributed by atoms with Gasteiger partial charge in [-0.05, 0) is 26.8 Å². The summed E-state index contributed by atoms with van der Waals surface area (Å²) in [6.45, 7) is 2.72. The van der Waals surface area contributed by atoms with Gasteiger partial charge in [0, 0.05) is 19.5 Å². The molecule has 0 unspecified atom stereocenters. The predicted molar refractivity (Wildman–Crippen MR) is 67.3 cm³/mol. The highest BCUT2D eigenvalue weighted by Crippen LogP contribution is 2.16. The van der Waals surface area contributed by atoms with Gasteiger partial charge < -0.3 is 10.0 Å². The minimum absolute atomic E-state index is 0.0706. The van der Waals surface area contributed by atoms with Crippen LogP contribution in [0.2, 0.25) is 0 Å². The van der Waals surface area contributed by atoms with Crippen LogP contribution in [0.25, 0.3) is 0 Å². The highest BCUT2D eigenvalue weighted by molar-refractivity contribution is 5.76. The van der Waals surface area contributed by atoms with E-state index in [1.807, 2.05) is 13.8 Å². The summed E-state index contributed by atoms with van der Waals surface area (Å²) in [7, 11) is 0. The molecule has 1 N–H and O–H groups in total. The first-order chi connectivity index (χ1) is 9.19. The van der Waals surface area contributed by atoms with Crippen LogP contribution in [0.4, 0.5) is 13.2 Å². The topological polar surface area (TPSA) is 60.9 Å². The number of carbonyl (C=O) groups excluding carboxylic acids is 1. The Morgan fingerprint density at radius 3 is 2.10 bits per heavy atom. The van der Waals surface area contributed by atoms with Crippen molar-refractivity contribution in [1.29, 1.82) is 0 Å². The number of carboxylic acid groups (broad SMARTS) is 1. The first kappa shape index (κ1) is 18.7. The van der Waals surface area contributed by atoms with E-state index in [4.69, 9.17) is 5.11 Å². The molecule has 0 rings (SSSR count). The molecule has 1 amide bonds. The van der Waals surface area contributed by atoms with Gasteiger partial charge in [0.05, 0.1) is 13.1 Å². The molecule has 118 valence electrons. The van der Waals surface area contributed by atoms with E-state index in [1.54, 1.807) is 4.90 Å². The van der Waals surface area contributed by atoms with Crippen LogP contribution in [0.1, 0.15) is 26.7 Å². The highest BCUT2D eigenvalue weighted by atomic mass is 19.4. The van der Waals surface area contributed by atoms with Gasteiger partial charge in [0.25, 0.3) is 0 Å². The second-order valence-electron chi connectivity index (χ2n) is 4.39. The highest BCUT2D eigenvalue weighted by Gasteiger charge is 2.31. The summed E-state index contributed by atoms with van der Waals surface area (Å²) in [5.41, 5.74) is 0. The van der Waals surface area contributed by atoms with Gasteiger partial charge in [-0.2, -0.15) is 13.2 Å². The Morgan fingerprint density at radius 1 is 1.15 bits per heavy atom. The smallest absolute Gasteiger partial charge is 0.401 e. The van der Waals surface area contributed by atoms with E-state index in [0.29, 0.717) is 13.1 Å². The third-order valence-electron chi connectivity index (χ3n) is 2.74. The Kier molecular flexibility index (Phi) is 8.21. The lowest BCUT2D eigenvalue weighted by Crippen LogP contribution is -2.39. The summed E-state index contributed by atoms with van der Waals surface area (Å²) in [6, 6.07) is 0. The number of halogens is 3. The fourth-order valence-electron chi connectivity index (χ4n) is 1.85. The Bertz CT molecular complexity index is 318. The van der Waals surface area contributed by atoms with Crippen molar-refractivity contribution in [2.75, 3.05) is 32.7 Å². The molecule has 0 spiro atoms. The van der Waals surface area contributed by atoms with Crippen molar-refractivity contribution in [2.45, 2.75) is 32.9 Å². The quantitative estimate of drug-likeness (QED) is 0.702. The molecule has 5 nitrogen and oxygen atoms in total. The molecule has 0 aliphatic rings. The summed E-state index contributed by atoms with van der Waals surface area (Å²) in [6.07, 6.45) is -4.12. The second-order valence-corrected chi connectivity index (χ2v) is 4.39. The van der Waals surface area contributed by atoms with Crippen LogP contribution in [0, 0.1) is 0 Å². The van der Waals surface area contributed by atoms with Crippen molar-refractivity contribution >= 4 is 11.9 Å². The standard InChI is InChI=1S/C12H21F3N2O3/c1-3-17(4-2)10(18)6-5-7-16(8-11(19)20)9-12(13,14)15/h3-9H2,1-2H3,(H,19,20). The average Bonchev–Trinajstić information content (AvgIpc) is 2.27. The molecular weight excluding hydrogens is 277 g/mol. The molecule has 20 heavy (non-hydrogen) atoms. The summed E-state index contributed by atoms with van der Waals surface area (Å²) < 4.78 is 36.8. The monoisotopic (exact) mass is 298 g/mol. The zero-order chi connectivity index (χ0) is 15.8. The Balaban J connectivity index is 4.26. The SMILES string of the molecule is CCN(CC)C(=O)CCCN(CC(=O)O)CC(F)(F)F. The van der Waals surface area contributed by atoms with Gasteiger partial charge in [-0.15, -0.1) is 0 Å². The van der Waals surface area contributed by atoms with Gasteiger partial charge >= 0.3 is 12.1 Å². The van der Waals surface area contributed by atoms with Crippen LogP contribution in [0.15, 0.2) is 0 Å². The molecule has 0 atom stereocenters. The molecule has 0 aromatic heterocycles. The minimum Gasteiger partial charge on any atom is -0.480 e. The van der Waals surface area contributed by atoms with Crippen molar-refractivity contribution in [3.05, 3.63) is 0 Å². The van der Waals surface area contributed by atoms with Crippen molar-refractivity contribution in [3.8, 4) is 0 Å². The molecule has 0 saturated carbocycles. The number of rotatable bonds is 9. The van der Waals surface area contributed by atoms with Crippen molar-refractivity contribution < 1.29 is 27.9 Å². The van der Waals surface area contributed by atoms with Gasteiger partial charge in [0.15, 0.2) is 0 Å². The fourth-order valence-corrected chi connectivity index (χ4v) is 1.85. The lowest BCUT2D eigenvalue weighted by Gasteiger charge is -2.23. The molecule has 0 heterocycles. The van der Waals surface area contributed by atoms with Gasteiger partial charge in [0.2, 0.25) is 5.91 Å². The van der Waals surface area contributed by atoms with E-state index >= 15 is 0 Å². The third kappa shape index (κ3) is 8.73. The predicted octanol–water partition coefficient (Wildman–Crippen LogP) is 1.58. The van der Waals surface area contributed by atoms with Gasteiger partial charge in [-0.25, -0.2) is 0 Å². The van der Waals surface area contributed by atoms with E-state index in [0.717, 1.165) is 4.90 Å². The van der Waals surface area contributed by atoms with Crippen LogP contribution in [0.3, 0.4) is 0 Å². The number of hydrogen-bond donors (Lipinski definition) is 1. The van der Waals surface area contributed by atoms with Crippen LogP contribution >= 0.6 is 0 Å². The van der Waals surface area contributed by atoms with E-state index in [1.165, 1.54) is 0 Å². The molecule has 0 aromatic rings. The molecule has 0 fully saturated rings. The normalized spacial score (nSPS) is 11.7. The molecule has 0 aliphatic heterocycles. The maximum Gasteiger partial charge on any atom is 0.401 e. The number of carbonyl (C=O) groups is 2. The number of amides is 1. The van der Waals surface area contributed by atoms with E-state index in [2.05, 4.69) is 0 Å². The lowest BCUT2D eigenvalue weighted by atomic mass is 10.2. The van der Waals surface area contributed by atoms with Crippen LogP contribution in [-0.4, -0.2) is 65.7 Å². The first-order valence-electron chi connectivity index (χ1n) is 6.48. The lowest BCUT2D eigenvalue weighted by molar-refractivity contribution is -0.154. The maximum absolute atomic E-state index is 12.3. The van der Waals surface area contributed by atoms with E-state index < -0.39 is 25.2 Å². The molecular formula is C12H21F3N2O3. The average molecular weight is 298 g/mol. The number of carboxylic acids is 1. The van der Waals surface area contributed by atoms with Gasteiger partial charge in [0.1, 0.15) is 0 Å². The molecule has 8 heteroatoms. The Labute approximate surface area is 116 Å². The summed E-state index contributed by atoms with van der Waals surface area (Å²) in [4.78, 5) is 24.6. The number of alkyl halides is 3. The fraction of sp³-hybridized carbons (Fsp3) is 0.833. The largest absolute Gasteiger partial charge is 0.480 e. The van der Waals surface area contributed by atoms with Gasteiger partial charge in [-0.3, -0.25) is 14.5 Å². The second kappa shape index (κ2) is 8.78. The molecule has 0 aromatic carbocycles. The summed E-state index contributed by atoms with van der Waals surface area (Å²) in [5.74, 6) is -1.44. The summed E-state index contributed by atoms with van der Waals surface area (Å²) in [5, 5.41) is 8.57. The maximum atomic E-state index is 12.3. The minimum atomic E-state index is -4.45. The van der Waals surface area contributed by atoms with E-state index in [-0.39, 0.29) is 25.3 Å². The first-order valence-corrected chi connectivity index (χ1v) is 6.48. The number of nitrogens with zero attached hydrogens (tertiary/aromatic N) is 2. The van der Waals surface area contributed by atoms with Crippen molar-refractivity contribution in [2.24, 2.45) is 0 Å². The molecule has 0 aliphatic carbocycles. The molecule has 0 radical (unpaired) electrons. The third-order valence-corrected chi connectivity index (χ3v) is 2.74. The van der Waals surface area contributed by atoms with Crippen LogP contribution in [0.5, 0.6) is 0 Å².